The lowest BCUT2D eigenvalue weighted by molar-refractivity contribution is -0.133. The monoisotopic (exact) mass is 194 g/mol. The first kappa shape index (κ1) is 9.51. The first-order valence-electron chi connectivity index (χ1n) is 3.42. The van der Waals surface area contributed by atoms with E-state index in [4.69, 9.17) is 10.6 Å². The van der Waals surface area contributed by atoms with Crippen molar-refractivity contribution in [3.8, 4) is 0 Å². The van der Waals surface area contributed by atoms with Gasteiger partial charge in [-0.1, -0.05) is 18.2 Å². The molecule has 0 aliphatic rings. The van der Waals surface area contributed by atoms with E-state index < -0.39 is 5.97 Å². The van der Waals surface area contributed by atoms with E-state index in [9.17, 15) is 4.79 Å². The molecule has 0 unspecified atom stereocenters. The molecule has 0 spiro atoms. The van der Waals surface area contributed by atoms with Gasteiger partial charge >= 0.3 is 11.0 Å². The van der Waals surface area contributed by atoms with E-state index in [2.05, 4.69) is 4.79 Å². The third kappa shape index (κ3) is 2.74. The predicted molar refractivity (Wildman–Crippen MR) is 48.6 cm³/mol. The number of benzene rings is 1. The quantitative estimate of drug-likeness (QED) is 0.242. The van der Waals surface area contributed by atoms with Gasteiger partial charge in [0.25, 0.3) is 0 Å². The van der Waals surface area contributed by atoms with Crippen LogP contribution in [0.2, 0.25) is 0 Å². The SMILES string of the molecule is [N-]=[N+]=C(Sc1ccccc1)C(=O)O. The smallest absolute Gasteiger partial charge is 0.437 e. The molecule has 0 bridgehead atoms. The molecule has 4 nitrogen and oxygen atoms in total. The summed E-state index contributed by atoms with van der Waals surface area (Å²) in [5, 5.41) is 8.18. The van der Waals surface area contributed by atoms with Crippen LogP contribution in [0.25, 0.3) is 5.53 Å². The van der Waals surface area contributed by atoms with Crippen LogP contribution in [0.1, 0.15) is 0 Å². The van der Waals surface area contributed by atoms with E-state index in [1.54, 1.807) is 24.3 Å². The highest BCUT2D eigenvalue weighted by atomic mass is 32.2. The van der Waals surface area contributed by atoms with Gasteiger partial charge in [0.15, 0.2) is 0 Å². The molecule has 1 rings (SSSR count). The number of hydrogen-bond acceptors (Lipinski definition) is 2. The Bertz CT molecular complexity index is 358. The largest absolute Gasteiger partial charge is 0.472 e. The van der Waals surface area contributed by atoms with Gasteiger partial charge < -0.3 is 10.6 Å². The van der Waals surface area contributed by atoms with Crippen molar-refractivity contribution in [2.24, 2.45) is 0 Å². The maximum atomic E-state index is 10.4. The Morgan fingerprint density at radius 1 is 1.38 bits per heavy atom. The van der Waals surface area contributed by atoms with Gasteiger partial charge in [-0.05, 0) is 12.1 Å². The van der Waals surface area contributed by atoms with Crippen LogP contribution >= 0.6 is 11.8 Å². The third-order valence-corrected chi connectivity index (χ3v) is 2.19. The summed E-state index contributed by atoms with van der Waals surface area (Å²) in [7, 11) is 0. The van der Waals surface area contributed by atoms with Crippen molar-refractivity contribution in [2.45, 2.75) is 4.90 Å². The zero-order valence-corrected chi connectivity index (χ0v) is 7.36. The molecule has 0 aromatic heterocycles. The van der Waals surface area contributed by atoms with Crippen molar-refractivity contribution in [3.63, 3.8) is 0 Å². The number of carboxylic acid groups (broad SMARTS) is 1. The van der Waals surface area contributed by atoms with Crippen molar-refractivity contribution in [1.29, 1.82) is 0 Å². The van der Waals surface area contributed by atoms with Gasteiger partial charge in [0.2, 0.25) is 0 Å². The third-order valence-electron chi connectivity index (χ3n) is 1.23. The number of rotatable bonds is 1. The number of nitrogens with zero attached hydrogens (tertiary/aromatic N) is 2. The zero-order valence-electron chi connectivity index (χ0n) is 6.54. The molecular weight excluding hydrogens is 188 g/mol. The Morgan fingerprint density at radius 2 is 2.00 bits per heavy atom. The summed E-state index contributed by atoms with van der Waals surface area (Å²) < 4.78 is 0. The maximum absolute atomic E-state index is 10.4. The van der Waals surface area contributed by atoms with Crippen LogP contribution < -0.4 is 0 Å². The zero-order chi connectivity index (χ0) is 9.68. The van der Waals surface area contributed by atoms with Crippen LogP contribution in [0.15, 0.2) is 35.2 Å². The molecule has 0 saturated carbocycles. The highest BCUT2D eigenvalue weighted by Gasteiger charge is 2.19. The molecule has 1 N–H and O–H groups in total. The number of carboxylic acids is 1. The van der Waals surface area contributed by atoms with E-state index in [1.165, 1.54) is 0 Å². The fourth-order valence-corrected chi connectivity index (χ4v) is 1.35. The average molecular weight is 194 g/mol. The Morgan fingerprint density at radius 3 is 2.46 bits per heavy atom. The maximum Gasteiger partial charge on any atom is 0.437 e. The summed E-state index contributed by atoms with van der Waals surface area (Å²) in [5.74, 6) is -1.24. The number of hydrogen-bond donors (Lipinski definition) is 1. The molecule has 0 amide bonds. The van der Waals surface area contributed by atoms with Gasteiger partial charge in [0.05, 0.1) is 0 Å². The second-order valence-corrected chi connectivity index (χ2v) is 3.19. The highest BCUT2D eigenvalue weighted by Crippen LogP contribution is 2.17. The van der Waals surface area contributed by atoms with Gasteiger partial charge in [-0.2, -0.15) is 4.79 Å². The van der Waals surface area contributed by atoms with Gasteiger partial charge in [0, 0.05) is 16.7 Å². The van der Waals surface area contributed by atoms with Crippen molar-refractivity contribution < 1.29 is 14.7 Å². The van der Waals surface area contributed by atoms with Crippen LogP contribution in [0.3, 0.4) is 0 Å². The topological polar surface area (TPSA) is 73.7 Å². The van der Waals surface area contributed by atoms with Gasteiger partial charge in [-0.25, -0.2) is 4.79 Å². The lowest BCUT2D eigenvalue weighted by Crippen LogP contribution is -2.09. The predicted octanol–water partition coefficient (Wildman–Crippen LogP) is 1.49. The molecule has 0 aliphatic carbocycles. The molecule has 0 atom stereocenters. The molecule has 0 saturated heterocycles. The lowest BCUT2D eigenvalue weighted by atomic mass is 10.4. The minimum absolute atomic E-state index is 0.341. The first-order chi connectivity index (χ1) is 6.24. The van der Waals surface area contributed by atoms with Crippen molar-refractivity contribution in [3.05, 3.63) is 35.9 Å². The van der Waals surface area contributed by atoms with Gasteiger partial charge in [-0.3, -0.25) is 0 Å². The second-order valence-electron chi connectivity index (χ2n) is 2.13. The normalized spacial score (nSPS) is 8.92. The second kappa shape index (κ2) is 4.45. The lowest BCUT2D eigenvalue weighted by Gasteiger charge is -1.91. The van der Waals surface area contributed by atoms with E-state index in [0.29, 0.717) is 0 Å². The fourth-order valence-electron chi connectivity index (χ4n) is 0.707. The van der Waals surface area contributed by atoms with E-state index >= 15 is 0 Å². The molecule has 13 heavy (non-hydrogen) atoms. The molecule has 0 aliphatic heterocycles. The van der Waals surface area contributed by atoms with Gasteiger partial charge in [0.1, 0.15) is 0 Å². The molecule has 0 fully saturated rings. The molecule has 0 radical (unpaired) electrons. The van der Waals surface area contributed by atoms with Crippen molar-refractivity contribution >= 4 is 22.8 Å². The summed E-state index contributed by atoms with van der Waals surface area (Å²) >= 11 is 0.897. The first-order valence-corrected chi connectivity index (χ1v) is 4.24. The van der Waals surface area contributed by atoms with Crippen LogP contribution in [-0.2, 0) is 4.79 Å². The minimum atomic E-state index is -1.24. The molecule has 1 aromatic carbocycles. The molecule has 66 valence electrons. The summed E-state index contributed by atoms with van der Waals surface area (Å²) in [6.07, 6.45) is 0. The van der Waals surface area contributed by atoms with Crippen LogP contribution in [0.5, 0.6) is 0 Å². The van der Waals surface area contributed by atoms with Crippen LogP contribution in [0, 0.1) is 0 Å². The van der Waals surface area contributed by atoms with Gasteiger partial charge in [-0.15, -0.1) is 0 Å². The minimum Gasteiger partial charge on any atom is -0.472 e. The number of aliphatic carboxylic acids is 1. The molecule has 0 heterocycles. The molecule has 5 heteroatoms. The van der Waals surface area contributed by atoms with E-state index in [0.717, 1.165) is 16.7 Å². The Kier molecular flexibility index (Phi) is 3.25. The van der Waals surface area contributed by atoms with Crippen molar-refractivity contribution in [2.75, 3.05) is 0 Å². The Balaban J connectivity index is 2.80. The standard InChI is InChI=1S/C8H6N2O2S/c9-10-7(8(11)12)13-6-4-2-1-3-5-6/h1-5H,(H,11,12). The van der Waals surface area contributed by atoms with Crippen LogP contribution in [0.4, 0.5) is 0 Å². The number of carbonyl (C=O) groups is 1. The number of thioether (sulfide) groups is 1. The summed E-state index contributed by atoms with van der Waals surface area (Å²) in [5.41, 5.74) is 8.34. The fraction of sp³-hybridized carbons (Fsp3) is 0. The van der Waals surface area contributed by atoms with E-state index in [1.807, 2.05) is 6.07 Å². The summed E-state index contributed by atoms with van der Waals surface area (Å²) in [6, 6.07) is 8.84. The Hall–Kier alpha value is -1.58. The molecular formula is C8H6N2O2S. The molecule has 1 aromatic rings. The highest BCUT2D eigenvalue weighted by molar-refractivity contribution is 8.15. The summed E-state index contributed by atoms with van der Waals surface area (Å²) in [6.45, 7) is 0. The van der Waals surface area contributed by atoms with E-state index in [-0.39, 0.29) is 5.04 Å². The van der Waals surface area contributed by atoms with Crippen molar-refractivity contribution in [1.82, 2.24) is 0 Å². The average Bonchev–Trinajstić information content (AvgIpc) is 2.15. The Labute approximate surface area is 78.8 Å². The summed E-state index contributed by atoms with van der Waals surface area (Å²) in [4.78, 5) is 13.8. The van der Waals surface area contributed by atoms with Crippen LogP contribution in [-0.4, -0.2) is 20.9 Å².